The van der Waals surface area contributed by atoms with Gasteiger partial charge >= 0.3 is 0 Å². The third-order valence-electron chi connectivity index (χ3n) is 1.67. The highest BCUT2D eigenvalue weighted by atomic mass is 32.2. The Labute approximate surface area is 93.0 Å². The van der Waals surface area contributed by atoms with Crippen molar-refractivity contribution in [3.8, 4) is 6.07 Å². The Morgan fingerprint density at radius 2 is 2.25 bits per heavy atom. The van der Waals surface area contributed by atoms with Gasteiger partial charge < -0.3 is 0 Å². The number of hydrogen-bond acceptors (Lipinski definition) is 5. The summed E-state index contributed by atoms with van der Waals surface area (Å²) in [5.74, 6) is -0.287. The van der Waals surface area contributed by atoms with Crippen LogP contribution in [0.5, 0.6) is 0 Å². The number of nitrogens with one attached hydrogen (secondary N) is 1. The average Bonchev–Trinajstić information content (AvgIpc) is 2.27. The van der Waals surface area contributed by atoms with E-state index in [1.807, 2.05) is 0 Å². The van der Waals surface area contributed by atoms with Crippen LogP contribution in [0.2, 0.25) is 0 Å². The fourth-order valence-electron chi connectivity index (χ4n) is 0.885. The summed E-state index contributed by atoms with van der Waals surface area (Å²) in [5.41, 5.74) is 0.130. The van der Waals surface area contributed by atoms with Crippen LogP contribution in [0.3, 0.4) is 0 Å². The Hall–Kier alpha value is -1.78. The molecule has 1 rings (SSSR count). The summed E-state index contributed by atoms with van der Waals surface area (Å²) in [4.78, 5) is 14.2. The van der Waals surface area contributed by atoms with Crippen LogP contribution in [0, 0.1) is 11.3 Å². The lowest BCUT2D eigenvalue weighted by molar-refractivity contribution is -0.115. The van der Waals surface area contributed by atoms with Gasteiger partial charge in [-0.1, -0.05) is 0 Å². The zero-order valence-electron chi connectivity index (χ0n) is 8.47. The van der Waals surface area contributed by atoms with Crippen molar-refractivity contribution in [2.75, 3.05) is 6.54 Å². The van der Waals surface area contributed by atoms with Crippen molar-refractivity contribution in [1.82, 2.24) is 9.71 Å². The van der Waals surface area contributed by atoms with Crippen molar-refractivity contribution in [2.24, 2.45) is 0 Å². The molecular formula is C9H9N3O3S. The number of nitrogens with zero attached hydrogens (tertiary/aromatic N) is 2. The number of rotatable bonds is 4. The van der Waals surface area contributed by atoms with Crippen molar-refractivity contribution >= 4 is 15.8 Å². The molecule has 84 valence electrons. The topological polar surface area (TPSA) is 99.9 Å². The summed E-state index contributed by atoms with van der Waals surface area (Å²) in [6.07, 6.45) is 1.07. The maximum absolute atomic E-state index is 11.6. The molecule has 1 aromatic heterocycles. The first-order valence-corrected chi connectivity index (χ1v) is 5.79. The number of ketones is 1. The number of carbonyl (C=O) groups is 1. The minimum Gasteiger partial charge on any atom is -0.299 e. The fraction of sp³-hybridized carbons (Fsp3) is 0.222. The van der Waals surface area contributed by atoms with Crippen LogP contribution in [0.15, 0.2) is 23.2 Å². The highest BCUT2D eigenvalue weighted by molar-refractivity contribution is 7.89. The molecule has 16 heavy (non-hydrogen) atoms. The van der Waals surface area contributed by atoms with Gasteiger partial charge in [-0.05, 0) is 19.1 Å². The smallest absolute Gasteiger partial charge is 0.242 e. The molecule has 0 amide bonds. The Kier molecular flexibility index (Phi) is 3.71. The van der Waals surface area contributed by atoms with Crippen molar-refractivity contribution < 1.29 is 13.2 Å². The first-order chi connectivity index (χ1) is 7.45. The van der Waals surface area contributed by atoms with Gasteiger partial charge in [-0.3, -0.25) is 4.79 Å². The third kappa shape index (κ3) is 3.12. The maximum Gasteiger partial charge on any atom is 0.242 e. The molecule has 7 heteroatoms. The second-order valence-electron chi connectivity index (χ2n) is 3.02. The minimum absolute atomic E-state index is 0.0762. The van der Waals surface area contributed by atoms with Gasteiger partial charge in [0.1, 0.15) is 22.4 Å². The molecule has 0 atom stereocenters. The van der Waals surface area contributed by atoms with Gasteiger partial charge in [-0.15, -0.1) is 0 Å². The van der Waals surface area contributed by atoms with Crippen LogP contribution in [-0.4, -0.2) is 25.7 Å². The Balaban J connectivity index is 2.91. The van der Waals surface area contributed by atoms with E-state index in [2.05, 4.69) is 9.71 Å². The number of pyridine rings is 1. The molecule has 0 aliphatic rings. The standard InChI is InChI=1S/C9H9N3O3S/c1-7(13)5-12-16(14,15)9-3-2-8(4-10)11-6-9/h2-3,6,12H,5H2,1H3. The first kappa shape index (κ1) is 12.3. The molecule has 0 radical (unpaired) electrons. The molecular weight excluding hydrogens is 230 g/mol. The first-order valence-electron chi connectivity index (χ1n) is 4.31. The summed E-state index contributed by atoms with van der Waals surface area (Å²) in [6.45, 7) is 1.02. The second kappa shape index (κ2) is 4.83. The second-order valence-corrected chi connectivity index (χ2v) is 4.78. The molecule has 1 N–H and O–H groups in total. The van der Waals surface area contributed by atoms with E-state index in [0.717, 1.165) is 6.20 Å². The monoisotopic (exact) mass is 239 g/mol. The summed E-state index contributed by atoms with van der Waals surface area (Å²) >= 11 is 0. The molecule has 0 bridgehead atoms. The zero-order chi connectivity index (χ0) is 12.2. The van der Waals surface area contributed by atoms with Gasteiger partial charge in [0.25, 0.3) is 0 Å². The molecule has 0 spiro atoms. The van der Waals surface area contributed by atoms with E-state index in [1.54, 1.807) is 6.07 Å². The average molecular weight is 239 g/mol. The van der Waals surface area contributed by atoms with Crippen molar-refractivity contribution in [3.05, 3.63) is 24.0 Å². The van der Waals surface area contributed by atoms with Gasteiger partial charge in [0.2, 0.25) is 10.0 Å². The van der Waals surface area contributed by atoms with Gasteiger partial charge in [0.05, 0.1) is 6.54 Å². The Morgan fingerprint density at radius 3 is 2.69 bits per heavy atom. The lowest BCUT2D eigenvalue weighted by Gasteiger charge is -2.03. The number of sulfonamides is 1. The normalized spacial score (nSPS) is 10.8. The number of Topliss-reactive ketones (excluding diaryl/α,β-unsaturated/α-hetero) is 1. The number of nitriles is 1. The van der Waals surface area contributed by atoms with Crippen LogP contribution in [0.25, 0.3) is 0 Å². The quantitative estimate of drug-likeness (QED) is 0.785. The Morgan fingerprint density at radius 1 is 1.56 bits per heavy atom. The molecule has 0 aromatic carbocycles. The molecule has 1 heterocycles. The largest absolute Gasteiger partial charge is 0.299 e. The number of carbonyl (C=O) groups excluding carboxylic acids is 1. The highest BCUT2D eigenvalue weighted by Gasteiger charge is 2.14. The van der Waals surface area contributed by atoms with E-state index in [9.17, 15) is 13.2 Å². The predicted molar refractivity (Wildman–Crippen MR) is 54.8 cm³/mol. The van der Waals surface area contributed by atoms with Gasteiger partial charge in [-0.2, -0.15) is 5.26 Å². The molecule has 0 unspecified atom stereocenters. The molecule has 0 fully saturated rings. The third-order valence-corrected chi connectivity index (χ3v) is 3.06. The molecule has 0 saturated carbocycles. The van der Waals surface area contributed by atoms with E-state index in [4.69, 9.17) is 5.26 Å². The summed E-state index contributed by atoms with van der Waals surface area (Å²) in [7, 11) is -3.72. The minimum atomic E-state index is -3.72. The summed E-state index contributed by atoms with van der Waals surface area (Å²) in [6, 6.07) is 4.33. The highest BCUT2D eigenvalue weighted by Crippen LogP contribution is 2.06. The lowest BCUT2D eigenvalue weighted by Crippen LogP contribution is -2.28. The number of aromatic nitrogens is 1. The lowest BCUT2D eigenvalue weighted by atomic mass is 10.4. The molecule has 0 aliphatic carbocycles. The van der Waals surface area contributed by atoms with Gasteiger partial charge in [0, 0.05) is 6.20 Å². The van der Waals surface area contributed by atoms with Crippen LogP contribution >= 0.6 is 0 Å². The Bertz CT molecular complexity index is 528. The number of hydrogen-bond donors (Lipinski definition) is 1. The predicted octanol–water partition coefficient (Wildman–Crippen LogP) is -0.179. The molecule has 6 nitrogen and oxygen atoms in total. The van der Waals surface area contributed by atoms with Crippen LogP contribution in [0.1, 0.15) is 12.6 Å². The van der Waals surface area contributed by atoms with Gasteiger partial charge in [0.15, 0.2) is 0 Å². The SMILES string of the molecule is CC(=O)CNS(=O)(=O)c1ccc(C#N)nc1. The van der Waals surface area contributed by atoms with Crippen molar-refractivity contribution in [1.29, 1.82) is 5.26 Å². The van der Waals surface area contributed by atoms with E-state index < -0.39 is 10.0 Å². The van der Waals surface area contributed by atoms with Crippen molar-refractivity contribution in [3.63, 3.8) is 0 Å². The van der Waals surface area contributed by atoms with Crippen molar-refractivity contribution in [2.45, 2.75) is 11.8 Å². The van der Waals surface area contributed by atoms with E-state index in [0.29, 0.717) is 0 Å². The van der Waals surface area contributed by atoms with Crippen LogP contribution < -0.4 is 4.72 Å². The van der Waals surface area contributed by atoms with Crippen LogP contribution in [-0.2, 0) is 14.8 Å². The van der Waals surface area contributed by atoms with E-state index >= 15 is 0 Å². The maximum atomic E-state index is 11.6. The molecule has 0 aliphatic heterocycles. The summed E-state index contributed by atoms with van der Waals surface area (Å²) < 4.78 is 25.2. The van der Waals surface area contributed by atoms with Gasteiger partial charge in [-0.25, -0.2) is 18.1 Å². The van der Waals surface area contributed by atoms with E-state index in [-0.39, 0.29) is 22.9 Å². The van der Waals surface area contributed by atoms with Crippen LogP contribution in [0.4, 0.5) is 0 Å². The molecule has 0 saturated heterocycles. The van der Waals surface area contributed by atoms with E-state index in [1.165, 1.54) is 19.1 Å². The fourth-order valence-corrected chi connectivity index (χ4v) is 1.88. The molecule has 1 aromatic rings. The zero-order valence-corrected chi connectivity index (χ0v) is 9.28. The summed E-state index contributed by atoms with van der Waals surface area (Å²) in [5, 5.41) is 8.49.